The first-order chi connectivity index (χ1) is 15.1. The molecule has 0 unspecified atom stereocenters. The first-order valence-corrected chi connectivity index (χ1v) is 9.87. The van der Waals surface area contributed by atoms with Gasteiger partial charge in [0, 0.05) is 0 Å². The second kappa shape index (κ2) is 11.5. The van der Waals surface area contributed by atoms with E-state index in [0.717, 1.165) is 5.75 Å². The summed E-state index contributed by atoms with van der Waals surface area (Å²) >= 11 is 5.97. The maximum atomic E-state index is 12.5. The van der Waals surface area contributed by atoms with Crippen molar-refractivity contribution in [2.24, 2.45) is 0 Å². The van der Waals surface area contributed by atoms with E-state index in [4.69, 9.17) is 25.8 Å². The van der Waals surface area contributed by atoms with Gasteiger partial charge in [-0.25, -0.2) is 0 Å². The van der Waals surface area contributed by atoms with Crippen LogP contribution in [0.3, 0.4) is 0 Å². The number of amides is 2. The molecule has 3 aromatic rings. The fraction of sp³-hybridized carbons (Fsp3) is 0.130. The second-order valence-electron chi connectivity index (χ2n) is 6.23. The molecule has 31 heavy (non-hydrogen) atoms. The van der Waals surface area contributed by atoms with E-state index in [2.05, 4.69) is 10.9 Å². The molecule has 2 N–H and O–H groups in total. The summed E-state index contributed by atoms with van der Waals surface area (Å²) in [5.41, 5.74) is 4.92. The largest absolute Gasteiger partial charge is 0.490 e. The summed E-state index contributed by atoms with van der Waals surface area (Å²) in [7, 11) is 0. The molecular weight excluding hydrogens is 420 g/mol. The monoisotopic (exact) mass is 440 g/mol. The summed E-state index contributed by atoms with van der Waals surface area (Å²) in [6.07, 6.45) is 0. The number of carbonyl (C=O) groups is 2. The zero-order valence-electron chi connectivity index (χ0n) is 16.5. The maximum absolute atomic E-state index is 12.5. The van der Waals surface area contributed by atoms with E-state index >= 15 is 0 Å². The number of ether oxygens (including phenoxy) is 3. The Morgan fingerprint density at radius 2 is 1.35 bits per heavy atom. The van der Waals surface area contributed by atoms with E-state index in [-0.39, 0.29) is 18.8 Å². The highest BCUT2D eigenvalue weighted by molar-refractivity contribution is 6.32. The maximum Gasteiger partial charge on any atom is 0.276 e. The van der Waals surface area contributed by atoms with Crippen molar-refractivity contribution in [1.82, 2.24) is 10.9 Å². The van der Waals surface area contributed by atoms with Crippen molar-refractivity contribution >= 4 is 23.4 Å². The lowest BCUT2D eigenvalue weighted by Crippen LogP contribution is -2.44. The Morgan fingerprint density at radius 3 is 2.13 bits per heavy atom. The Bertz CT molecular complexity index is 1010. The van der Waals surface area contributed by atoms with Gasteiger partial charge in [0.25, 0.3) is 11.8 Å². The van der Waals surface area contributed by atoms with Gasteiger partial charge in [-0.3, -0.25) is 20.4 Å². The van der Waals surface area contributed by atoms with Gasteiger partial charge >= 0.3 is 0 Å². The average Bonchev–Trinajstić information content (AvgIpc) is 2.80. The van der Waals surface area contributed by atoms with Crippen molar-refractivity contribution in [3.05, 3.63) is 89.4 Å². The van der Waals surface area contributed by atoms with Gasteiger partial charge in [0.1, 0.15) is 30.5 Å². The Hall–Kier alpha value is -3.71. The second-order valence-corrected chi connectivity index (χ2v) is 6.63. The van der Waals surface area contributed by atoms with Gasteiger partial charge < -0.3 is 14.2 Å². The van der Waals surface area contributed by atoms with Crippen LogP contribution in [-0.4, -0.2) is 31.6 Å². The number of benzene rings is 3. The van der Waals surface area contributed by atoms with Crippen LogP contribution in [0.1, 0.15) is 10.4 Å². The number of rotatable bonds is 9. The van der Waals surface area contributed by atoms with Crippen molar-refractivity contribution in [2.75, 3.05) is 19.8 Å². The highest BCUT2D eigenvalue weighted by Gasteiger charge is 2.13. The lowest BCUT2D eigenvalue weighted by atomic mass is 10.2. The highest BCUT2D eigenvalue weighted by Crippen LogP contribution is 2.22. The van der Waals surface area contributed by atoms with Crippen molar-refractivity contribution in [3.8, 4) is 17.2 Å². The molecule has 0 aliphatic carbocycles. The smallest absolute Gasteiger partial charge is 0.276 e. The minimum atomic E-state index is -0.539. The first-order valence-electron chi connectivity index (χ1n) is 9.49. The molecule has 3 rings (SSSR count). The summed E-state index contributed by atoms with van der Waals surface area (Å²) in [4.78, 5) is 24.4. The quantitative estimate of drug-likeness (QED) is 0.392. The van der Waals surface area contributed by atoms with Crippen LogP contribution in [0.4, 0.5) is 0 Å². The van der Waals surface area contributed by atoms with Crippen LogP contribution >= 0.6 is 11.6 Å². The number of hydrazine groups is 1. The summed E-state index contributed by atoms with van der Waals surface area (Å²) in [5.74, 6) is 0.424. The predicted molar refractivity (Wildman–Crippen MR) is 116 cm³/mol. The molecule has 0 saturated heterocycles. The Labute approximate surface area is 184 Å². The molecular formula is C23H21ClN2O5. The molecule has 0 atom stereocenters. The van der Waals surface area contributed by atoms with E-state index in [0.29, 0.717) is 23.1 Å². The standard InChI is InChI=1S/C23H21ClN2O5/c24-19-11-5-7-13-21(19)31-16-22(27)25-26-23(28)18-10-4-6-12-20(18)30-15-14-29-17-8-2-1-3-9-17/h1-13H,14-16H2,(H,25,27)(H,26,28). The van der Waals surface area contributed by atoms with Crippen molar-refractivity contribution in [1.29, 1.82) is 0 Å². The molecule has 0 saturated carbocycles. The van der Waals surface area contributed by atoms with Gasteiger partial charge in [0.05, 0.1) is 10.6 Å². The Kier molecular flexibility index (Phi) is 8.13. The molecule has 3 aromatic carbocycles. The first kappa shape index (κ1) is 22.0. The third-order valence-corrected chi connectivity index (χ3v) is 4.31. The Morgan fingerprint density at radius 1 is 0.710 bits per heavy atom. The molecule has 2 amide bonds. The number of para-hydroxylation sites is 3. The minimum Gasteiger partial charge on any atom is -0.490 e. The highest BCUT2D eigenvalue weighted by atomic mass is 35.5. The SMILES string of the molecule is O=C(COc1ccccc1Cl)NNC(=O)c1ccccc1OCCOc1ccccc1. The Balaban J connectivity index is 1.45. The molecule has 0 radical (unpaired) electrons. The van der Waals surface area contributed by atoms with E-state index in [1.54, 1.807) is 48.5 Å². The third kappa shape index (κ3) is 6.94. The summed E-state index contributed by atoms with van der Waals surface area (Å²) in [6, 6.07) is 22.8. The molecule has 0 aromatic heterocycles. The van der Waals surface area contributed by atoms with Crippen molar-refractivity contribution in [3.63, 3.8) is 0 Å². The fourth-order valence-electron chi connectivity index (χ4n) is 2.54. The summed E-state index contributed by atoms with van der Waals surface area (Å²) in [5, 5.41) is 0.390. The number of hydrogen-bond donors (Lipinski definition) is 2. The van der Waals surface area contributed by atoms with Gasteiger partial charge in [0.15, 0.2) is 6.61 Å². The molecule has 0 bridgehead atoms. The van der Waals surface area contributed by atoms with Crippen LogP contribution in [0.2, 0.25) is 5.02 Å². The molecule has 7 nitrogen and oxygen atoms in total. The van der Waals surface area contributed by atoms with E-state index in [9.17, 15) is 9.59 Å². The van der Waals surface area contributed by atoms with Crippen molar-refractivity contribution < 1.29 is 23.8 Å². The van der Waals surface area contributed by atoms with Crippen LogP contribution in [0.15, 0.2) is 78.9 Å². The van der Waals surface area contributed by atoms with E-state index in [1.165, 1.54) is 0 Å². The molecule has 0 spiro atoms. The molecule has 8 heteroatoms. The van der Waals surface area contributed by atoms with Crippen LogP contribution in [0.5, 0.6) is 17.2 Å². The molecule has 0 aliphatic heterocycles. The molecule has 0 fully saturated rings. The summed E-state index contributed by atoms with van der Waals surface area (Å²) in [6.45, 7) is 0.256. The predicted octanol–water partition coefficient (Wildman–Crippen LogP) is 3.64. The van der Waals surface area contributed by atoms with Crippen LogP contribution in [-0.2, 0) is 4.79 Å². The van der Waals surface area contributed by atoms with Gasteiger partial charge in [-0.1, -0.05) is 54.1 Å². The number of carbonyl (C=O) groups excluding carboxylic acids is 2. The molecule has 0 aliphatic rings. The lowest BCUT2D eigenvalue weighted by molar-refractivity contribution is -0.123. The van der Waals surface area contributed by atoms with Gasteiger partial charge in [-0.2, -0.15) is 0 Å². The number of hydrogen-bond acceptors (Lipinski definition) is 5. The van der Waals surface area contributed by atoms with E-state index < -0.39 is 11.8 Å². The third-order valence-electron chi connectivity index (χ3n) is 4.00. The van der Waals surface area contributed by atoms with Gasteiger partial charge in [-0.15, -0.1) is 0 Å². The molecule has 160 valence electrons. The fourth-order valence-corrected chi connectivity index (χ4v) is 2.73. The van der Waals surface area contributed by atoms with Crippen LogP contribution < -0.4 is 25.1 Å². The normalized spacial score (nSPS) is 10.1. The van der Waals surface area contributed by atoms with Gasteiger partial charge in [0.2, 0.25) is 0 Å². The number of nitrogens with one attached hydrogen (secondary N) is 2. The van der Waals surface area contributed by atoms with Crippen LogP contribution in [0, 0.1) is 0 Å². The lowest BCUT2D eigenvalue weighted by Gasteiger charge is -2.13. The zero-order valence-corrected chi connectivity index (χ0v) is 17.3. The molecule has 0 heterocycles. The number of halogens is 1. The average molecular weight is 441 g/mol. The zero-order chi connectivity index (χ0) is 21.9. The summed E-state index contributed by atoms with van der Waals surface area (Å²) < 4.78 is 16.6. The van der Waals surface area contributed by atoms with Crippen molar-refractivity contribution in [2.45, 2.75) is 0 Å². The van der Waals surface area contributed by atoms with Crippen LogP contribution in [0.25, 0.3) is 0 Å². The van der Waals surface area contributed by atoms with Gasteiger partial charge in [-0.05, 0) is 36.4 Å². The topological polar surface area (TPSA) is 85.9 Å². The minimum absolute atomic E-state index is 0.247. The van der Waals surface area contributed by atoms with E-state index in [1.807, 2.05) is 30.3 Å².